The monoisotopic (exact) mass is 460 g/mol. The van der Waals surface area contributed by atoms with Crippen LogP contribution in [0.4, 0.5) is 11.8 Å². The molecule has 34 heavy (non-hydrogen) atoms. The van der Waals surface area contributed by atoms with E-state index in [1.807, 2.05) is 30.3 Å². The lowest BCUT2D eigenvalue weighted by atomic mass is 10.1. The molecular weight excluding hydrogens is 432 g/mol. The molecule has 2 bridgehead atoms. The Labute approximate surface area is 198 Å². The average Bonchev–Trinajstić information content (AvgIpc) is 3.15. The predicted octanol–water partition coefficient (Wildman–Crippen LogP) is 2.26. The van der Waals surface area contributed by atoms with Crippen LogP contribution < -0.4 is 15.1 Å². The number of hydrogen-bond acceptors (Lipinski definition) is 8. The van der Waals surface area contributed by atoms with E-state index in [0.29, 0.717) is 49.7 Å². The highest BCUT2D eigenvalue weighted by atomic mass is 16.5. The Morgan fingerprint density at radius 2 is 1.79 bits per heavy atom. The number of hydrogen-bond donors (Lipinski definition) is 1. The van der Waals surface area contributed by atoms with Gasteiger partial charge in [-0.25, -0.2) is 4.98 Å². The maximum absolute atomic E-state index is 12.1. The van der Waals surface area contributed by atoms with Crippen molar-refractivity contribution in [3.8, 4) is 11.3 Å². The van der Waals surface area contributed by atoms with E-state index in [1.54, 1.807) is 13.1 Å². The number of ether oxygens (including phenoxy) is 2. The van der Waals surface area contributed by atoms with Gasteiger partial charge in [-0.1, -0.05) is 12.1 Å². The van der Waals surface area contributed by atoms with Crippen LogP contribution in [0.3, 0.4) is 0 Å². The fourth-order valence-corrected chi connectivity index (χ4v) is 5.19. The molecule has 3 saturated heterocycles. The number of amides is 1. The molecule has 176 valence electrons. The number of carbonyl (C=O) groups is 1. The predicted molar refractivity (Wildman–Crippen MR) is 129 cm³/mol. The van der Waals surface area contributed by atoms with Crippen LogP contribution in [0.5, 0.6) is 0 Å². The first kappa shape index (κ1) is 21.2. The van der Waals surface area contributed by atoms with Crippen LogP contribution in [0, 0.1) is 0 Å². The third-order valence-electron chi connectivity index (χ3n) is 6.96. The normalized spacial score (nSPS) is 22.3. The molecule has 2 aromatic heterocycles. The Bertz CT molecular complexity index is 1210. The molecular formula is C25H28N6O3. The molecule has 1 aromatic carbocycles. The molecule has 9 nitrogen and oxygen atoms in total. The molecule has 2 unspecified atom stereocenters. The molecule has 0 aliphatic carbocycles. The van der Waals surface area contributed by atoms with Gasteiger partial charge in [0, 0.05) is 31.3 Å². The Hall–Kier alpha value is -3.30. The van der Waals surface area contributed by atoms with E-state index in [9.17, 15) is 4.79 Å². The lowest BCUT2D eigenvalue weighted by Gasteiger charge is -2.36. The minimum Gasteiger partial charge on any atom is -0.378 e. The maximum atomic E-state index is 12.1. The highest BCUT2D eigenvalue weighted by Gasteiger charge is 2.39. The second-order valence-electron chi connectivity index (χ2n) is 9.00. The standard InChI is InChI=1S/C25H28N6O3/c1-26-24(32)17-4-2-3-16(13-17)21-8-7-20-22(27-21)28-25(29-23(20)30-9-11-33-12-10-30)31-18-5-6-19(31)15-34-14-18/h2-4,7-8,13,18-19H,5-6,9-12,14-15H2,1H3,(H,26,32). The molecule has 1 N–H and O–H groups in total. The number of anilines is 2. The first-order valence-electron chi connectivity index (χ1n) is 11.9. The zero-order valence-corrected chi connectivity index (χ0v) is 19.2. The van der Waals surface area contributed by atoms with Gasteiger partial charge in [0.2, 0.25) is 5.95 Å². The Kier molecular flexibility index (Phi) is 5.50. The van der Waals surface area contributed by atoms with E-state index in [4.69, 9.17) is 24.4 Å². The Morgan fingerprint density at radius 3 is 2.56 bits per heavy atom. The van der Waals surface area contributed by atoms with Gasteiger partial charge >= 0.3 is 0 Å². The zero-order valence-electron chi connectivity index (χ0n) is 19.2. The largest absolute Gasteiger partial charge is 0.378 e. The number of carbonyl (C=O) groups excluding carboxylic acids is 1. The van der Waals surface area contributed by atoms with Gasteiger partial charge in [-0.15, -0.1) is 0 Å². The summed E-state index contributed by atoms with van der Waals surface area (Å²) in [4.78, 5) is 31.7. The van der Waals surface area contributed by atoms with E-state index in [2.05, 4.69) is 15.1 Å². The Morgan fingerprint density at radius 1 is 1.00 bits per heavy atom. The van der Waals surface area contributed by atoms with Gasteiger partial charge in [0.15, 0.2) is 5.65 Å². The second-order valence-corrected chi connectivity index (χ2v) is 9.00. The van der Waals surface area contributed by atoms with Crippen LogP contribution in [0.15, 0.2) is 36.4 Å². The maximum Gasteiger partial charge on any atom is 0.251 e. The lowest BCUT2D eigenvalue weighted by Crippen LogP contribution is -2.47. The fourth-order valence-electron chi connectivity index (χ4n) is 5.19. The number of nitrogens with one attached hydrogen (secondary N) is 1. The first-order chi connectivity index (χ1) is 16.7. The van der Waals surface area contributed by atoms with Gasteiger partial charge < -0.3 is 24.6 Å². The van der Waals surface area contributed by atoms with Crippen molar-refractivity contribution in [3.05, 3.63) is 42.0 Å². The van der Waals surface area contributed by atoms with Crippen molar-refractivity contribution in [2.24, 2.45) is 0 Å². The summed E-state index contributed by atoms with van der Waals surface area (Å²) in [7, 11) is 1.63. The molecule has 2 atom stereocenters. The van der Waals surface area contributed by atoms with Crippen molar-refractivity contribution in [2.45, 2.75) is 24.9 Å². The van der Waals surface area contributed by atoms with E-state index in [0.717, 1.165) is 54.3 Å². The summed E-state index contributed by atoms with van der Waals surface area (Å²) in [5, 5.41) is 3.61. The first-order valence-corrected chi connectivity index (χ1v) is 11.9. The van der Waals surface area contributed by atoms with Crippen LogP contribution in [0.2, 0.25) is 0 Å². The third-order valence-corrected chi connectivity index (χ3v) is 6.96. The van der Waals surface area contributed by atoms with Crippen molar-refractivity contribution in [1.29, 1.82) is 0 Å². The SMILES string of the molecule is CNC(=O)c1cccc(-c2ccc3c(N4CCOCC4)nc(N4C5CCC4COC5)nc3n2)c1. The van der Waals surface area contributed by atoms with Crippen LogP contribution in [0.1, 0.15) is 23.2 Å². The van der Waals surface area contributed by atoms with E-state index in [-0.39, 0.29) is 5.91 Å². The number of morpholine rings is 2. The molecule has 9 heteroatoms. The summed E-state index contributed by atoms with van der Waals surface area (Å²) in [6.07, 6.45) is 2.19. The van der Waals surface area contributed by atoms with Gasteiger partial charge in [0.05, 0.1) is 49.6 Å². The molecule has 0 radical (unpaired) electrons. The smallest absolute Gasteiger partial charge is 0.251 e. The van der Waals surface area contributed by atoms with Crippen molar-refractivity contribution in [2.75, 3.05) is 56.4 Å². The molecule has 1 amide bonds. The minimum absolute atomic E-state index is 0.121. The van der Waals surface area contributed by atoms with Crippen molar-refractivity contribution < 1.29 is 14.3 Å². The van der Waals surface area contributed by atoms with Crippen LogP contribution in [0.25, 0.3) is 22.3 Å². The molecule has 0 saturated carbocycles. The average molecular weight is 461 g/mol. The highest BCUT2D eigenvalue weighted by Crippen LogP contribution is 2.35. The van der Waals surface area contributed by atoms with Crippen LogP contribution >= 0.6 is 0 Å². The minimum atomic E-state index is -0.121. The van der Waals surface area contributed by atoms with E-state index < -0.39 is 0 Å². The number of rotatable bonds is 4. The fraction of sp³-hybridized carbons (Fsp3) is 0.440. The van der Waals surface area contributed by atoms with Crippen LogP contribution in [-0.4, -0.2) is 79.5 Å². The topological polar surface area (TPSA) is 92.7 Å². The summed E-state index contributed by atoms with van der Waals surface area (Å²) in [5.74, 6) is 1.52. The molecule has 3 aromatic rings. The number of pyridine rings is 1. The molecule has 5 heterocycles. The number of aromatic nitrogens is 3. The summed E-state index contributed by atoms with van der Waals surface area (Å²) in [6, 6.07) is 12.1. The number of nitrogens with zero attached hydrogens (tertiary/aromatic N) is 5. The second kappa shape index (κ2) is 8.81. The summed E-state index contributed by atoms with van der Waals surface area (Å²) in [6.45, 7) is 4.37. The van der Waals surface area contributed by atoms with Gasteiger partial charge in [-0.05, 0) is 37.1 Å². The van der Waals surface area contributed by atoms with E-state index >= 15 is 0 Å². The van der Waals surface area contributed by atoms with Gasteiger partial charge in [-0.3, -0.25) is 4.79 Å². The summed E-state index contributed by atoms with van der Waals surface area (Å²) in [5.41, 5.74) is 2.92. The van der Waals surface area contributed by atoms with E-state index in [1.165, 1.54) is 0 Å². The molecule has 3 aliphatic heterocycles. The Balaban J connectivity index is 1.47. The number of benzene rings is 1. The molecule has 6 rings (SSSR count). The highest BCUT2D eigenvalue weighted by molar-refractivity contribution is 5.95. The molecule has 0 spiro atoms. The third kappa shape index (κ3) is 3.74. The van der Waals surface area contributed by atoms with Gasteiger partial charge in [0.25, 0.3) is 5.91 Å². The van der Waals surface area contributed by atoms with Crippen molar-refractivity contribution in [1.82, 2.24) is 20.3 Å². The number of fused-ring (bicyclic) bond motifs is 3. The molecule has 3 fully saturated rings. The van der Waals surface area contributed by atoms with Crippen molar-refractivity contribution >= 4 is 28.7 Å². The summed E-state index contributed by atoms with van der Waals surface area (Å²) < 4.78 is 11.4. The zero-order chi connectivity index (χ0) is 23.1. The lowest BCUT2D eigenvalue weighted by molar-refractivity contribution is 0.0897. The quantitative estimate of drug-likeness (QED) is 0.634. The summed E-state index contributed by atoms with van der Waals surface area (Å²) >= 11 is 0. The molecule has 3 aliphatic rings. The van der Waals surface area contributed by atoms with Crippen LogP contribution in [-0.2, 0) is 9.47 Å². The van der Waals surface area contributed by atoms with Gasteiger partial charge in [0.1, 0.15) is 5.82 Å². The van der Waals surface area contributed by atoms with Crippen molar-refractivity contribution in [3.63, 3.8) is 0 Å². The van der Waals surface area contributed by atoms with Gasteiger partial charge in [-0.2, -0.15) is 9.97 Å².